The minimum absolute atomic E-state index is 0.00984. The Morgan fingerprint density at radius 3 is 2.04 bits per heavy atom. The molecule has 0 aliphatic carbocycles. The lowest BCUT2D eigenvalue weighted by Crippen LogP contribution is -2.56. The SMILES string of the molecule is CC(=O)O[C@@H]1CC(C)(C)[C@@H](c2ccccc2)O[Si](C(C)(C)C)(C(C)(C)C)C1. The normalized spacial score (nSPS) is 25.5. The third-order valence-electron chi connectivity index (χ3n) is 6.16. The van der Waals surface area contributed by atoms with Crippen molar-refractivity contribution < 1.29 is 14.0 Å². The summed E-state index contributed by atoms with van der Waals surface area (Å²) in [6, 6.07) is 11.4. The molecule has 152 valence electrons. The maximum absolute atomic E-state index is 11.8. The Bertz CT molecular complexity index is 638. The molecule has 1 saturated heterocycles. The molecule has 0 bridgehead atoms. The molecule has 1 aromatic carbocycles. The summed E-state index contributed by atoms with van der Waals surface area (Å²) in [4.78, 5) is 11.8. The summed E-state index contributed by atoms with van der Waals surface area (Å²) in [5.41, 5.74) is 1.09. The molecule has 3 nitrogen and oxygen atoms in total. The molecule has 2 atom stereocenters. The van der Waals surface area contributed by atoms with E-state index in [9.17, 15) is 4.79 Å². The Hall–Kier alpha value is -1.13. The molecule has 1 fully saturated rings. The van der Waals surface area contributed by atoms with Crippen molar-refractivity contribution in [1.82, 2.24) is 0 Å². The monoisotopic (exact) mass is 390 g/mol. The summed E-state index contributed by atoms with van der Waals surface area (Å²) < 4.78 is 13.1. The van der Waals surface area contributed by atoms with Crippen LogP contribution in [0.5, 0.6) is 0 Å². The van der Waals surface area contributed by atoms with Crippen LogP contribution in [0.1, 0.15) is 80.4 Å². The van der Waals surface area contributed by atoms with Gasteiger partial charge in [0.15, 0.2) is 0 Å². The third-order valence-corrected chi connectivity index (χ3v) is 12.7. The van der Waals surface area contributed by atoms with Crippen LogP contribution < -0.4 is 0 Å². The molecule has 1 aromatic rings. The number of esters is 1. The molecular formula is C23H38O3Si. The fourth-order valence-corrected chi connectivity index (χ4v) is 11.1. The second-order valence-electron chi connectivity index (χ2n) is 10.9. The van der Waals surface area contributed by atoms with Crippen LogP contribution in [0.25, 0.3) is 0 Å². The van der Waals surface area contributed by atoms with Gasteiger partial charge in [-0.1, -0.05) is 85.7 Å². The first kappa shape index (κ1) is 22.2. The van der Waals surface area contributed by atoms with Crippen LogP contribution in [0.4, 0.5) is 0 Å². The highest BCUT2D eigenvalue weighted by Gasteiger charge is 2.60. The highest BCUT2D eigenvalue weighted by molar-refractivity contribution is 6.79. The predicted octanol–water partition coefficient (Wildman–Crippen LogP) is 6.65. The first-order valence-corrected chi connectivity index (χ1v) is 12.2. The van der Waals surface area contributed by atoms with E-state index in [-0.39, 0.29) is 33.7 Å². The molecule has 0 amide bonds. The number of rotatable bonds is 2. The van der Waals surface area contributed by atoms with Gasteiger partial charge in [-0.2, -0.15) is 0 Å². The zero-order chi connectivity index (χ0) is 20.7. The summed E-state index contributed by atoms with van der Waals surface area (Å²) in [6.45, 7) is 19.8. The zero-order valence-electron chi connectivity index (χ0n) is 18.7. The predicted molar refractivity (Wildman–Crippen MR) is 114 cm³/mol. The van der Waals surface area contributed by atoms with Gasteiger partial charge >= 0.3 is 5.97 Å². The average Bonchev–Trinajstić information content (AvgIpc) is 2.60. The molecular weight excluding hydrogens is 352 g/mol. The lowest BCUT2D eigenvalue weighted by atomic mass is 9.78. The van der Waals surface area contributed by atoms with Gasteiger partial charge in [0.1, 0.15) is 6.10 Å². The van der Waals surface area contributed by atoms with Gasteiger partial charge in [0.2, 0.25) is 8.32 Å². The van der Waals surface area contributed by atoms with Crippen molar-refractivity contribution in [3.05, 3.63) is 35.9 Å². The van der Waals surface area contributed by atoms with E-state index < -0.39 is 8.32 Å². The van der Waals surface area contributed by atoms with Crippen LogP contribution >= 0.6 is 0 Å². The van der Waals surface area contributed by atoms with Gasteiger partial charge in [0.25, 0.3) is 0 Å². The Labute approximate surface area is 167 Å². The molecule has 4 heteroatoms. The van der Waals surface area contributed by atoms with E-state index in [1.807, 2.05) is 6.07 Å². The quantitative estimate of drug-likeness (QED) is 0.419. The topological polar surface area (TPSA) is 35.5 Å². The number of hydrogen-bond donors (Lipinski definition) is 0. The molecule has 1 heterocycles. The summed E-state index contributed by atoms with van der Waals surface area (Å²) in [6.07, 6.45) is 0.702. The van der Waals surface area contributed by atoms with Crippen molar-refractivity contribution in [2.75, 3.05) is 0 Å². The van der Waals surface area contributed by atoms with Gasteiger partial charge < -0.3 is 9.16 Å². The molecule has 1 aliphatic rings. The van der Waals surface area contributed by atoms with Crippen molar-refractivity contribution in [3.8, 4) is 0 Å². The molecule has 1 aliphatic heterocycles. The number of carbonyl (C=O) groups excluding carboxylic acids is 1. The molecule has 0 spiro atoms. The Balaban J connectivity index is 2.66. The molecule has 0 saturated carbocycles. The van der Waals surface area contributed by atoms with Gasteiger partial charge in [0.05, 0.1) is 6.10 Å². The molecule has 0 unspecified atom stereocenters. The van der Waals surface area contributed by atoms with Crippen LogP contribution in [0.3, 0.4) is 0 Å². The molecule has 0 aromatic heterocycles. The van der Waals surface area contributed by atoms with Crippen molar-refractivity contribution >= 4 is 14.3 Å². The van der Waals surface area contributed by atoms with Crippen LogP contribution in [0.15, 0.2) is 30.3 Å². The number of carbonyl (C=O) groups is 1. The van der Waals surface area contributed by atoms with Crippen molar-refractivity contribution in [2.45, 2.75) is 97.1 Å². The van der Waals surface area contributed by atoms with E-state index in [1.165, 1.54) is 12.5 Å². The highest BCUT2D eigenvalue weighted by atomic mass is 28.4. The first-order valence-electron chi connectivity index (χ1n) is 10.1. The summed E-state index contributed by atoms with van der Waals surface area (Å²) in [5, 5.41) is 0.0220. The van der Waals surface area contributed by atoms with E-state index in [4.69, 9.17) is 9.16 Å². The molecule has 2 rings (SSSR count). The van der Waals surface area contributed by atoms with E-state index in [2.05, 4.69) is 79.7 Å². The Morgan fingerprint density at radius 2 is 1.59 bits per heavy atom. The van der Waals surface area contributed by atoms with Gasteiger partial charge in [-0.15, -0.1) is 0 Å². The van der Waals surface area contributed by atoms with E-state index in [0.717, 1.165) is 12.5 Å². The van der Waals surface area contributed by atoms with Crippen molar-refractivity contribution in [1.29, 1.82) is 0 Å². The number of benzene rings is 1. The summed E-state index contributed by atoms with van der Waals surface area (Å²) in [7, 11) is -2.38. The average molecular weight is 391 g/mol. The van der Waals surface area contributed by atoms with Crippen molar-refractivity contribution in [3.63, 3.8) is 0 Å². The lowest BCUT2D eigenvalue weighted by molar-refractivity contribution is -0.146. The molecule has 27 heavy (non-hydrogen) atoms. The third kappa shape index (κ3) is 4.48. The van der Waals surface area contributed by atoms with E-state index in [0.29, 0.717) is 0 Å². The number of ether oxygens (including phenoxy) is 1. The van der Waals surface area contributed by atoms with Crippen LogP contribution in [0.2, 0.25) is 16.1 Å². The standard InChI is InChI=1S/C23H38O3Si/c1-17(24)25-19-15-23(8,9)20(18-13-11-10-12-14-18)26-27(16-19,21(2,3)4)22(5,6)7/h10-14,19-20H,15-16H2,1-9H3/t19-,20-/m1/s1. The second kappa shape index (κ2) is 7.36. The molecule has 0 radical (unpaired) electrons. The van der Waals surface area contributed by atoms with Crippen LogP contribution in [-0.4, -0.2) is 20.4 Å². The van der Waals surface area contributed by atoms with Gasteiger partial charge in [-0.3, -0.25) is 4.79 Å². The minimum Gasteiger partial charge on any atom is -0.463 e. The Kier molecular flexibility index (Phi) is 6.04. The lowest BCUT2D eigenvalue weighted by Gasteiger charge is -2.52. The van der Waals surface area contributed by atoms with Gasteiger partial charge in [-0.05, 0) is 27.5 Å². The maximum Gasteiger partial charge on any atom is 0.302 e. The largest absolute Gasteiger partial charge is 0.463 e. The fourth-order valence-electron chi connectivity index (χ4n) is 5.05. The van der Waals surface area contributed by atoms with E-state index >= 15 is 0 Å². The van der Waals surface area contributed by atoms with Crippen LogP contribution in [0, 0.1) is 5.41 Å². The maximum atomic E-state index is 11.8. The Morgan fingerprint density at radius 1 is 1.07 bits per heavy atom. The van der Waals surface area contributed by atoms with E-state index in [1.54, 1.807) is 0 Å². The fraction of sp³-hybridized carbons (Fsp3) is 0.696. The first-order chi connectivity index (χ1) is 12.2. The second-order valence-corrected chi connectivity index (χ2v) is 16.2. The zero-order valence-corrected chi connectivity index (χ0v) is 19.7. The summed E-state index contributed by atoms with van der Waals surface area (Å²) >= 11 is 0. The minimum atomic E-state index is -2.38. The van der Waals surface area contributed by atoms with Crippen molar-refractivity contribution in [2.24, 2.45) is 5.41 Å². The van der Waals surface area contributed by atoms with Gasteiger partial charge in [0, 0.05) is 13.0 Å². The summed E-state index contributed by atoms with van der Waals surface area (Å²) in [5.74, 6) is -0.195. The number of hydrogen-bond acceptors (Lipinski definition) is 3. The highest BCUT2D eigenvalue weighted by Crippen LogP contribution is 2.60. The van der Waals surface area contributed by atoms with Gasteiger partial charge in [-0.25, -0.2) is 0 Å². The van der Waals surface area contributed by atoms with Crippen LogP contribution in [-0.2, 0) is 14.0 Å². The molecule has 0 N–H and O–H groups in total. The smallest absolute Gasteiger partial charge is 0.302 e.